The van der Waals surface area contributed by atoms with Crippen molar-refractivity contribution in [3.05, 3.63) is 28.5 Å². The molecule has 0 saturated carbocycles. The van der Waals surface area contributed by atoms with Crippen molar-refractivity contribution in [3.8, 4) is 10.6 Å². The summed E-state index contributed by atoms with van der Waals surface area (Å²) in [6.07, 6.45) is 4.85. The van der Waals surface area contributed by atoms with Gasteiger partial charge in [-0.3, -0.25) is 4.79 Å². The van der Waals surface area contributed by atoms with Crippen LogP contribution in [-0.2, 0) is 13.0 Å². The second-order valence-corrected chi connectivity index (χ2v) is 5.74. The Morgan fingerprint density at radius 3 is 2.70 bits per heavy atom. The summed E-state index contributed by atoms with van der Waals surface area (Å²) in [6, 6.07) is 0. The number of carbonyl (C=O) groups is 1. The van der Waals surface area contributed by atoms with Crippen molar-refractivity contribution >= 4 is 17.2 Å². The van der Waals surface area contributed by atoms with Crippen LogP contribution in [0.1, 0.15) is 48.4 Å². The van der Waals surface area contributed by atoms with Gasteiger partial charge < -0.3 is 10.3 Å². The lowest BCUT2D eigenvalue weighted by Gasteiger charge is -2.10. The van der Waals surface area contributed by atoms with Crippen LogP contribution in [0.4, 0.5) is 0 Å². The molecule has 0 radical (unpaired) electrons. The first-order valence-corrected chi connectivity index (χ1v) is 7.91. The number of nitrogens with zero attached hydrogens (tertiary/aromatic N) is 2. The number of nitrogens with two attached hydrogens (primary N) is 1. The fraction of sp³-hybridized carbons (Fsp3) is 0.467. The summed E-state index contributed by atoms with van der Waals surface area (Å²) in [5, 5.41) is 2.81. The monoisotopic (exact) mass is 291 g/mol. The van der Waals surface area contributed by atoms with E-state index >= 15 is 0 Å². The predicted molar refractivity (Wildman–Crippen MR) is 83.1 cm³/mol. The van der Waals surface area contributed by atoms with Crippen LogP contribution >= 0.6 is 11.3 Å². The number of hydrogen-bond acceptors (Lipinski definition) is 3. The minimum absolute atomic E-state index is 0.363. The summed E-state index contributed by atoms with van der Waals surface area (Å²) in [5.74, 6) is -0.363. The van der Waals surface area contributed by atoms with Gasteiger partial charge in [0.25, 0.3) is 5.91 Å². The molecule has 0 aliphatic heterocycles. The van der Waals surface area contributed by atoms with E-state index in [-0.39, 0.29) is 5.91 Å². The SMILES string of the molecule is CCCCn1c(C)c(C(N)=O)c(-c2nccs2)c1CC. The Kier molecular flexibility index (Phi) is 4.60. The van der Waals surface area contributed by atoms with Gasteiger partial charge in [-0.1, -0.05) is 20.3 Å². The van der Waals surface area contributed by atoms with Crippen molar-refractivity contribution in [2.45, 2.75) is 46.6 Å². The van der Waals surface area contributed by atoms with Crippen molar-refractivity contribution in [2.75, 3.05) is 0 Å². The fourth-order valence-electron chi connectivity index (χ4n) is 2.66. The molecule has 0 aromatic carbocycles. The molecule has 0 unspecified atom stereocenters. The number of amides is 1. The van der Waals surface area contributed by atoms with Crippen LogP contribution in [0.15, 0.2) is 11.6 Å². The van der Waals surface area contributed by atoms with Gasteiger partial charge in [-0.15, -0.1) is 11.3 Å². The highest BCUT2D eigenvalue weighted by atomic mass is 32.1. The van der Waals surface area contributed by atoms with E-state index in [1.165, 1.54) is 5.69 Å². The maximum atomic E-state index is 11.9. The molecule has 0 bridgehead atoms. The Morgan fingerprint density at radius 1 is 1.45 bits per heavy atom. The number of rotatable bonds is 6. The van der Waals surface area contributed by atoms with Gasteiger partial charge in [-0.25, -0.2) is 4.98 Å². The predicted octanol–water partition coefficient (Wildman–Crippen LogP) is 3.38. The lowest BCUT2D eigenvalue weighted by atomic mass is 10.1. The van der Waals surface area contributed by atoms with Crippen LogP contribution in [0.2, 0.25) is 0 Å². The Labute approximate surface area is 123 Å². The van der Waals surface area contributed by atoms with Crippen molar-refractivity contribution in [1.29, 1.82) is 0 Å². The number of hydrogen-bond donors (Lipinski definition) is 1. The molecule has 4 nitrogen and oxygen atoms in total. The molecule has 0 aliphatic carbocycles. The quantitative estimate of drug-likeness (QED) is 0.887. The van der Waals surface area contributed by atoms with Gasteiger partial charge in [0, 0.05) is 35.1 Å². The summed E-state index contributed by atoms with van der Waals surface area (Å²) >= 11 is 1.55. The highest BCUT2D eigenvalue weighted by molar-refractivity contribution is 7.13. The van der Waals surface area contributed by atoms with E-state index in [0.29, 0.717) is 5.56 Å². The number of aromatic nitrogens is 2. The molecule has 2 rings (SSSR count). The van der Waals surface area contributed by atoms with E-state index in [0.717, 1.165) is 42.1 Å². The number of carbonyl (C=O) groups excluding carboxylic acids is 1. The van der Waals surface area contributed by atoms with Gasteiger partial charge in [0.15, 0.2) is 0 Å². The molecule has 2 heterocycles. The van der Waals surface area contributed by atoms with Gasteiger partial charge in [0.2, 0.25) is 0 Å². The van der Waals surface area contributed by atoms with Crippen LogP contribution < -0.4 is 5.73 Å². The van der Waals surface area contributed by atoms with Gasteiger partial charge in [0.05, 0.1) is 5.56 Å². The molecule has 0 fully saturated rings. The van der Waals surface area contributed by atoms with Crippen LogP contribution in [0.5, 0.6) is 0 Å². The third kappa shape index (κ3) is 2.50. The average Bonchev–Trinajstić information content (AvgIpc) is 3.01. The molecule has 2 aromatic heterocycles. The summed E-state index contributed by atoms with van der Waals surface area (Å²) < 4.78 is 2.24. The van der Waals surface area contributed by atoms with Gasteiger partial charge in [-0.05, 0) is 19.8 Å². The van der Waals surface area contributed by atoms with Crippen molar-refractivity contribution in [1.82, 2.24) is 9.55 Å². The van der Waals surface area contributed by atoms with E-state index in [2.05, 4.69) is 23.4 Å². The third-order valence-electron chi connectivity index (χ3n) is 3.59. The van der Waals surface area contributed by atoms with Crippen molar-refractivity contribution in [3.63, 3.8) is 0 Å². The molecule has 0 saturated heterocycles. The topological polar surface area (TPSA) is 60.9 Å². The van der Waals surface area contributed by atoms with Gasteiger partial charge >= 0.3 is 0 Å². The second-order valence-electron chi connectivity index (χ2n) is 4.84. The van der Waals surface area contributed by atoms with E-state index < -0.39 is 0 Å². The van der Waals surface area contributed by atoms with Gasteiger partial charge in [-0.2, -0.15) is 0 Å². The highest BCUT2D eigenvalue weighted by Gasteiger charge is 2.24. The van der Waals surface area contributed by atoms with E-state index in [4.69, 9.17) is 5.73 Å². The zero-order chi connectivity index (χ0) is 14.7. The summed E-state index contributed by atoms with van der Waals surface area (Å²) in [7, 11) is 0. The Bertz CT molecular complexity index is 599. The maximum Gasteiger partial charge on any atom is 0.251 e. The van der Waals surface area contributed by atoms with Crippen molar-refractivity contribution < 1.29 is 4.79 Å². The molecule has 0 aliphatic rings. The zero-order valence-electron chi connectivity index (χ0n) is 12.3. The Morgan fingerprint density at radius 2 is 2.20 bits per heavy atom. The van der Waals surface area contributed by atoms with Crippen LogP contribution in [-0.4, -0.2) is 15.5 Å². The van der Waals surface area contributed by atoms with Crippen LogP contribution in [0, 0.1) is 6.92 Å². The first-order chi connectivity index (χ1) is 9.61. The molecule has 0 spiro atoms. The Balaban J connectivity index is 2.66. The van der Waals surface area contributed by atoms with Crippen molar-refractivity contribution in [2.24, 2.45) is 5.73 Å². The molecule has 2 N–H and O–H groups in total. The minimum Gasteiger partial charge on any atom is -0.366 e. The molecule has 1 amide bonds. The second kappa shape index (κ2) is 6.22. The summed E-state index contributed by atoms with van der Waals surface area (Å²) in [6.45, 7) is 7.18. The van der Waals surface area contributed by atoms with Gasteiger partial charge in [0.1, 0.15) is 5.01 Å². The summed E-state index contributed by atoms with van der Waals surface area (Å²) in [4.78, 5) is 16.2. The molecular formula is C15H21N3OS. The minimum atomic E-state index is -0.363. The van der Waals surface area contributed by atoms with E-state index in [9.17, 15) is 4.79 Å². The maximum absolute atomic E-state index is 11.9. The Hall–Kier alpha value is -1.62. The number of thiazole rings is 1. The largest absolute Gasteiger partial charge is 0.366 e. The first-order valence-electron chi connectivity index (χ1n) is 7.03. The molecule has 5 heteroatoms. The number of primary amides is 1. The molecular weight excluding hydrogens is 270 g/mol. The highest BCUT2D eigenvalue weighted by Crippen LogP contribution is 2.34. The first kappa shape index (κ1) is 14.8. The zero-order valence-corrected chi connectivity index (χ0v) is 13.1. The lowest BCUT2D eigenvalue weighted by molar-refractivity contribution is 0.1000. The molecule has 2 aromatic rings. The third-order valence-corrected chi connectivity index (χ3v) is 4.38. The van der Waals surface area contributed by atoms with E-state index in [1.54, 1.807) is 17.5 Å². The van der Waals surface area contributed by atoms with E-state index in [1.807, 2.05) is 12.3 Å². The molecule has 108 valence electrons. The van der Waals surface area contributed by atoms with Crippen LogP contribution in [0.3, 0.4) is 0 Å². The lowest BCUT2D eigenvalue weighted by Crippen LogP contribution is -2.13. The average molecular weight is 291 g/mol. The smallest absolute Gasteiger partial charge is 0.251 e. The standard InChI is InChI=1S/C15H21N3OS/c1-4-6-8-18-10(3)12(14(16)19)13(11(18)5-2)15-17-7-9-20-15/h7,9H,4-6,8H2,1-3H3,(H2,16,19). The molecule has 20 heavy (non-hydrogen) atoms. The fourth-order valence-corrected chi connectivity index (χ4v) is 3.37. The number of unbranched alkanes of at least 4 members (excludes halogenated alkanes) is 1. The van der Waals surface area contributed by atoms with Crippen LogP contribution in [0.25, 0.3) is 10.6 Å². The normalized spacial score (nSPS) is 10.9. The summed E-state index contributed by atoms with van der Waals surface area (Å²) in [5.41, 5.74) is 9.31. The molecule has 0 atom stereocenters.